The number of carbonyl (C=O) groups excluding carboxylic acids is 1. The van der Waals surface area contributed by atoms with Crippen molar-refractivity contribution in [2.24, 2.45) is 11.8 Å². The van der Waals surface area contributed by atoms with Crippen LogP contribution < -0.4 is 5.32 Å². The number of aromatic nitrogens is 2. The lowest BCUT2D eigenvalue weighted by Gasteiger charge is -2.30. The Morgan fingerprint density at radius 3 is 2.57 bits per heavy atom. The first kappa shape index (κ1) is 25.9. The topological polar surface area (TPSA) is 74.5 Å². The molecule has 2 aromatic carbocycles. The largest absolute Gasteiger partial charge is 0.352 e. The Morgan fingerprint density at radius 1 is 1.03 bits per heavy atom. The minimum absolute atomic E-state index is 0.0429. The molecule has 0 spiro atoms. The van der Waals surface area contributed by atoms with Crippen LogP contribution in [0.1, 0.15) is 49.6 Å². The fourth-order valence-electron chi connectivity index (χ4n) is 5.39. The molecule has 1 unspecified atom stereocenters. The van der Waals surface area contributed by atoms with Crippen LogP contribution in [0.3, 0.4) is 0 Å². The lowest BCUT2D eigenvalue weighted by molar-refractivity contribution is -0.126. The maximum atomic E-state index is 12.8. The number of nitrogens with one attached hydrogen (secondary N) is 1. The highest BCUT2D eigenvalue weighted by atomic mass is 35.5. The molecular formula is C29H36ClN5O2. The highest BCUT2D eigenvalue weighted by Crippen LogP contribution is 2.23. The summed E-state index contributed by atoms with van der Waals surface area (Å²) in [5.74, 6) is 2.10. The monoisotopic (exact) mass is 521 g/mol. The van der Waals surface area contributed by atoms with Crippen LogP contribution >= 0.6 is 11.6 Å². The molecule has 196 valence electrons. The predicted molar refractivity (Wildman–Crippen MR) is 145 cm³/mol. The molecule has 1 N–H and O–H groups in total. The van der Waals surface area contributed by atoms with Gasteiger partial charge in [0.1, 0.15) is 0 Å². The summed E-state index contributed by atoms with van der Waals surface area (Å²) in [6.07, 6.45) is 4.30. The van der Waals surface area contributed by atoms with E-state index >= 15 is 0 Å². The van der Waals surface area contributed by atoms with Crippen LogP contribution in [0.15, 0.2) is 53.1 Å². The third-order valence-electron chi connectivity index (χ3n) is 7.51. The fraction of sp³-hybridized carbons (Fsp3) is 0.483. The first-order valence-corrected chi connectivity index (χ1v) is 13.8. The standard InChI is InChI=1S/C29H36ClN5O2/c1-21-4-3-13-35(18-21)19-23-9-7-22(8-10-23)17-31-29(36)24-11-14-34(15-12-24)20-27-32-28(33-37-27)25-5-2-6-26(30)16-25/h2,5-10,16,21,24H,3-4,11-15,17-20H2,1H3,(H,31,36). The van der Waals surface area contributed by atoms with E-state index in [9.17, 15) is 4.79 Å². The van der Waals surface area contributed by atoms with E-state index in [4.69, 9.17) is 16.1 Å². The number of amides is 1. The molecular weight excluding hydrogens is 486 g/mol. The number of likely N-dealkylation sites (tertiary alicyclic amines) is 2. The van der Waals surface area contributed by atoms with Gasteiger partial charge < -0.3 is 9.84 Å². The van der Waals surface area contributed by atoms with E-state index in [-0.39, 0.29) is 11.8 Å². The molecule has 3 heterocycles. The number of benzene rings is 2. The van der Waals surface area contributed by atoms with Crippen molar-refractivity contribution in [3.8, 4) is 11.4 Å². The van der Waals surface area contributed by atoms with Gasteiger partial charge in [0.2, 0.25) is 17.6 Å². The highest BCUT2D eigenvalue weighted by molar-refractivity contribution is 6.30. The van der Waals surface area contributed by atoms with Crippen molar-refractivity contribution in [2.45, 2.75) is 52.2 Å². The van der Waals surface area contributed by atoms with E-state index in [1.54, 1.807) is 0 Å². The summed E-state index contributed by atoms with van der Waals surface area (Å²) in [5, 5.41) is 7.88. The van der Waals surface area contributed by atoms with Crippen molar-refractivity contribution in [2.75, 3.05) is 26.2 Å². The smallest absolute Gasteiger partial charge is 0.241 e. The van der Waals surface area contributed by atoms with Crippen LogP contribution in [0.4, 0.5) is 0 Å². The van der Waals surface area contributed by atoms with Crippen molar-refractivity contribution in [3.05, 3.63) is 70.6 Å². The van der Waals surface area contributed by atoms with E-state index in [2.05, 4.69) is 56.4 Å². The molecule has 0 saturated carbocycles. The van der Waals surface area contributed by atoms with Crippen molar-refractivity contribution in [1.29, 1.82) is 0 Å². The average Bonchev–Trinajstić information content (AvgIpc) is 3.37. The SMILES string of the molecule is CC1CCCN(Cc2ccc(CNC(=O)C3CCN(Cc4nc(-c5cccc(Cl)c5)no4)CC3)cc2)C1. The van der Waals surface area contributed by atoms with Crippen molar-refractivity contribution in [3.63, 3.8) is 0 Å². The zero-order valence-electron chi connectivity index (χ0n) is 21.5. The number of hydrogen-bond donors (Lipinski definition) is 1. The third-order valence-corrected chi connectivity index (χ3v) is 7.74. The van der Waals surface area contributed by atoms with Crippen LogP contribution in [0.2, 0.25) is 5.02 Å². The summed E-state index contributed by atoms with van der Waals surface area (Å²) >= 11 is 6.07. The molecule has 8 heteroatoms. The summed E-state index contributed by atoms with van der Waals surface area (Å²) in [6, 6.07) is 16.1. The molecule has 5 rings (SSSR count). The normalized spacial score (nSPS) is 19.7. The minimum Gasteiger partial charge on any atom is -0.352 e. The molecule has 2 aliphatic rings. The van der Waals surface area contributed by atoms with Gasteiger partial charge in [-0.05, 0) is 74.5 Å². The van der Waals surface area contributed by atoms with Crippen molar-refractivity contribution < 1.29 is 9.32 Å². The average molecular weight is 522 g/mol. The van der Waals surface area contributed by atoms with Crippen LogP contribution in [0, 0.1) is 11.8 Å². The van der Waals surface area contributed by atoms with Crippen molar-refractivity contribution in [1.82, 2.24) is 25.3 Å². The molecule has 1 aromatic heterocycles. The number of nitrogens with zero attached hydrogens (tertiary/aromatic N) is 4. The zero-order valence-corrected chi connectivity index (χ0v) is 22.3. The number of carbonyl (C=O) groups is 1. The molecule has 7 nitrogen and oxygen atoms in total. The second kappa shape index (κ2) is 12.2. The Morgan fingerprint density at radius 2 is 1.81 bits per heavy atom. The summed E-state index contributed by atoms with van der Waals surface area (Å²) in [6.45, 7) is 8.57. The van der Waals surface area contributed by atoms with Gasteiger partial charge in [-0.15, -0.1) is 0 Å². The molecule has 2 fully saturated rings. The minimum atomic E-state index is 0.0429. The van der Waals surface area contributed by atoms with E-state index < -0.39 is 0 Å². The van der Waals surface area contributed by atoms with Crippen LogP contribution in [-0.2, 0) is 24.4 Å². The zero-order chi connectivity index (χ0) is 25.6. The van der Waals surface area contributed by atoms with Gasteiger partial charge in [0.25, 0.3) is 0 Å². The summed E-state index contributed by atoms with van der Waals surface area (Å²) < 4.78 is 5.45. The molecule has 2 saturated heterocycles. The van der Waals surface area contributed by atoms with Gasteiger partial charge >= 0.3 is 0 Å². The van der Waals surface area contributed by atoms with Gasteiger partial charge in [-0.2, -0.15) is 4.98 Å². The maximum absolute atomic E-state index is 12.8. The first-order valence-electron chi connectivity index (χ1n) is 13.4. The Labute approximate surface area is 224 Å². The lowest BCUT2D eigenvalue weighted by Crippen LogP contribution is -2.40. The maximum Gasteiger partial charge on any atom is 0.241 e. The number of hydrogen-bond acceptors (Lipinski definition) is 6. The molecule has 3 aromatic rings. The van der Waals surface area contributed by atoms with Crippen LogP contribution in [0.5, 0.6) is 0 Å². The molecule has 0 aliphatic carbocycles. The van der Waals surface area contributed by atoms with E-state index in [0.29, 0.717) is 29.8 Å². The quantitative estimate of drug-likeness (QED) is 0.442. The van der Waals surface area contributed by atoms with Gasteiger partial charge in [-0.1, -0.05) is 60.1 Å². The van der Waals surface area contributed by atoms with E-state index in [1.807, 2.05) is 24.3 Å². The Bertz CT molecular complexity index is 1170. The summed E-state index contributed by atoms with van der Waals surface area (Å²) in [4.78, 5) is 22.1. The van der Waals surface area contributed by atoms with Gasteiger partial charge in [0.05, 0.1) is 6.54 Å². The number of halogens is 1. The predicted octanol–water partition coefficient (Wildman–Crippen LogP) is 5.15. The van der Waals surface area contributed by atoms with Gasteiger partial charge in [0, 0.05) is 36.1 Å². The highest BCUT2D eigenvalue weighted by Gasteiger charge is 2.26. The van der Waals surface area contributed by atoms with E-state index in [1.165, 1.54) is 31.5 Å². The number of piperidine rings is 2. The van der Waals surface area contributed by atoms with E-state index in [0.717, 1.165) is 49.5 Å². The lowest BCUT2D eigenvalue weighted by atomic mass is 9.96. The second-order valence-electron chi connectivity index (χ2n) is 10.6. The molecule has 0 bridgehead atoms. The van der Waals surface area contributed by atoms with Gasteiger partial charge in [-0.25, -0.2) is 0 Å². The van der Waals surface area contributed by atoms with Crippen LogP contribution in [0.25, 0.3) is 11.4 Å². The third kappa shape index (κ3) is 7.18. The first-order chi connectivity index (χ1) is 18.0. The summed E-state index contributed by atoms with van der Waals surface area (Å²) in [7, 11) is 0. The van der Waals surface area contributed by atoms with Crippen molar-refractivity contribution >= 4 is 17.5 Å². The second-order valence-corrected chi connectivity index (χ2v) is 11.0. The number of rotatable bonds is 8. The Hall–Kier alpha value is -2.74. The fourth-order valence-corrected chi connectivity index (χ4v) is 5.58. The van der Waals surface area contributed by atoms with Crippen LogP contribution in [-0.4, -0.2) is 52.0 Å². The molecule has 37 heavy (non-hydrogen) atoms. The van der Waals surface area contributed by atoms with Gasteiger partial charge in [0.15, 0.2) is 0 Å². The summed E-state index contributed by atoms with van der Waals surface area (Å²) in [5.41, 5.74) is 3.33. The molecule has 1 amide bonds. The molecule has 2 aliphatic heterocycles. The Balaban J connectivity index is 1.04. The van der Waals surface area contributed by atoms with Gasteiger partial charge in [-0.3, -0.25) is 14.6 Å². The molecule has 0 radical (unpaired) electrons. The molecule has 1 atom stereocenters. The Kier molecular flexibility index (Phi) is 8.54.